The first-order chi connectivity index (χ1) is 7.72. The summed E-state index contributed by atoms with van der Waals surface area (Å²) >= 11 is 0. The van der Waals surface area contributed by atoms with E-state index in [1.54, 1.807) is 0 Å². The third-order valence-corrected chi connectivity index (χ3v) is 5.43. The van der Waals surface area contributed by atoms with Crippen LogP contribution < -0.4 is 0 Å². The molecule has 0 spiro atoms. The molecule has 4 aliphatic rings. The number of ether oxygens (including phenoxy) is 2. The van der Waals surface area contributed by atoms with Gasteiger partial charge in [0.25, 0.3) is 0 Å². The summed E-state index contributed by atoms with van der Waals surface area (Å²) < 4.78 is 9.73. The molecule has 0 saturated heterocycles. The minimum atomic E-state index is -0.0594. The largest absolute Gasteiger partial charge is 0.469 e. The summed E-state index contributed by atoms with van der Waals surface area (Å²) in [5, 5.41) is 0. The Bertz CT molecular complexity index is 346. The van der Waals surface area contributed by atoms with Crippen molar-refractivity contribution in [2.75, 3.05) is 14.2 Å². The third kappa shape index (κ3) is 0.711. The lowest BCUT2D eigenvalue weighted by Gasteiger charge is -2.23. The van der Waals surface area contributed by atoms with Crippen molar-refractivity contribution in [2.45, 2.75) is 0 Å². The predicted molar refractivity (Wildman–Crippen MR) is 52.0 cm³/mol. The van der Waals surface area contributed by atoms with Gasteiger partial charge >= 0.3 is 11.9 Å². The van der Waals surface area contributed by atoms with Gasteiger partial charge in [0.2, 0.25) is 0 Å². The van der Waals surface area contributed by atoms with Crippen molar-refractivity contribution >= 4 is 11.9 Å². The lowest BCUT2D eigenvalue weighted by Crippen LogP contribution is -2.32. The van der Waals surface area contributed by atoms with Gasteiger partial charge in [0.15, 0.2) is 0 Å². The van der Waals surface area contributed by atoms with Crippen molar-refractivity contribution in [3.63, 3.8) is 0 Å². The maximum absolute atomic E-state index is 11.7. The van der Waals surface area contributed by atoms with E-state index in [9.17, 15) is 9.59 Å². The molecule has 0 heterocycles. The van der Waals surface area contributed by atoms with E-state index >= 15 is 0 Å². The highest BCUT2D eigenvalue weighted by molar-refractivity contribution is 5.81. The highest BCUT2D eigenvalue weighted by atomic mass is 16.5. The minimum absolute atomic E-state index is 0.0594. The lowest BCUT2D eigenvalue weighted by molar-refractivity contribution is -0.153. The molecular weight excluding hydrogens is 208 g/mol. The van der Waals surface area contributed by atoms with E-state index in [0.717, 1.165) is 0 Å². The second-order valence-corrected chi connectivity index (χ2v) is 5.56. The van der Waals surface area contributed by atoms with E-state index in [-0.39, 0.29) is 23.8 Å². The quantitative estimate of drug-likeness (QED) is 0.631. The first kappa shape index (κ1) is 9.02. The van der Waals surface area contributed by atoms with E-state index in [2.05, 4.69) is 0 Å². The standard InChI is InChI=1S/C12H14O4/c1-15-11(13)9-5-3-4-6(9)8(4)10(7(3)5)12(14)16-2/h3-10H,1-2H3. The van der Waals surface area contributed by atoms with Gasteiger partial charge in [-0.1, -0.05) is 0 Å². The maximum atomic E-state index is 11.7. The monoisotopic (exact) mass is 222 g/mol. The van der Waals surface area contributed by atoms with Crippen LogP contribution in [0.15, 0.2) is 0 Å². The summed E-state index contributed by atoms with van der Waals surface area (Å²) in [5.41, 5.74) is 0. The van der Waals surface area contributed by atoms with Gasteiger partial charge in [-0.15, -0.1) is 0 Å². The molecule has 4 nitrogen and oxygen atoms in total. The molecule has 0 aromatic carbocycles. The Labute approximate surface area is 93.3 Å². The third-order valence-electron chi connectivity index (χ3n) is 5.43. The molecule has 0 radical (unpaired) electrons. The van der Waals surface area contributed by atoms with Gasteiger partial charge in [-0.05, 0) is 35.5 Å². The molecule has 4 heteroatoms. The number of fused-ring (bicyclic) bond motifs is 2. The highest BCUT2D eigenvalue weighted by Crippen LogP contribution is 2.88. The van der Waals surface area contributed by atoms with Crippen molar-refractivity contribution in [1.29, 1.82) is 0 Å². The SMILES string of the molecule is COC(=O)C1C2C3C(C(=O)OC)C4C1C4C23. The van der Waals surface area contributed by atoms with Crippen LogP contribution in [0.4, 0.5) is 0 Å². The summed E-state index contributed by atoms with van der Waals surface area (Å²) in [6.07, 6.45) is 0. The molecule has 0 amide bonds. The molecule has 0 aliphatic heterocycles. The zero-order chi connectivity index (χ0) is 11.2. The Hall–Kier alpha value is -1.06. The van der Waals surface area contributed by atoms with Crippen LogP contribution in [0, 0.1) is 47.3 Å². The zero-order valence-corrected chi connectivity index (χ0v) is 9.25. The molecule has 16 heavy (non-hydrogen) atoms. The van der Waals surface area contributed by atoms with E-state index < -0.39 is 0 Å². The molecule has 4 atom stereocenters. The maximum Gasteiger partial charge on any atom is 0.309 e. The molecule has 0 N–H and O–H groups in total. The molecule has 4 aliphatic carbocycles. The Morgan fingerprint density at radius 3 is 1.25 bits per heavy atom. The Morgan fingerprint density at radius 2 is 1.00 bits per heavy atom. The summed E-state index contributed by atoms with van der Waals surface area (Å²) in [6.45, 7) is 0. The van der Waals surface area contributed by atoms with Crippen molar-refractivity contribution in [3.8, 4) is 0 Å². The molecular formula is C12H14O4. The van der Waals surface area contributed by atoms with Gasteiger partial charge < -0.3 is 9.47 Å². The fourth-order valence-electron chi connectivity index (χ4n) is 5.13. The molecule has 0 aromatic heterocycles. The molecule has 0 aromatic rings. The van der Waals surface area contributed by atoms with E-state index in [1.165, 1.54) is 14.2 Å². The van der Waals surface area contributed by atoms with E-state index in [1.807, 2.05) is 0 Å². The minimum Gasteiger partial charge on any atom is -0.469 e. The number of esters is 2. The average molecular weight is 222 g/mol. The smallest absolute Gasteiger partial charge is 0.309 e. The van der Waals surface area contributed by atoms with Crippen molar-refractivity contribution < 1.29 is 19.1 Å². The normalized spacial score (nSPS) is 57.9. The van der Waals surface area contributed by atoms with Crippen LogP contribution in [0.5, 0.6) is 0 Å². The number of rotatable bonds is 2. The Morgan fingerprint density at radius 1 is 0.688 bits per heavy atom. The fraction of sp³-hybridized carbons (Fsp3) is 0.833. The van der Waals surface area contributed by atoms with E-state index in [0.29, 0.717) is 35.5 Å². The first-order valence-electron chi connectivity index (χ1n) is 5.88. The zero-order valence-electron chi connectivity index (χ0n) is 9.25. The van der Waals surface area contributed by atoms with Crippen molar-refractivity contribution in [1.82, 2.24) is 0 Å². The van der Waals surface area contributed by atoms with Gasteiger partial charge in [-0.2, -0.15) is 0 Å². The van der Waals surface area contributed by atoms with Gasteiger partial charge in [-0.3, -0.25) is 9.59 Å². The molecule has 86 valence electrons. The Kier molecular flexibility index (Phi) is 1.37. The molecule has 4 saturated carbocycles. The van der Waals surface area contributed by atoms with Crippen molar-refractivity contribution in [3.05, 3.63) is 0 Å². The molecule has 4 rings (SSSR count). The van der Waals surface area contributed by atoms with Gasteiger partial charge in [0.05, 0.1) is 26.1 Å². The molecule has 0 bridgehead atoms. The fourth-order valence-corrected chi connectivity index (χ4v) is 5.13. The van der Waals surface area contributed by atoms with Crippen LogP contribution >= 0.6 is 0 Å². The van der Waals surface area contributed by atoms with Crippen LogP contribution in [0.3, 0.4) is 0 Å². The topological polar surface area (TPSA) is 52.6 Å². The second kappa shape index (κ2) is 2.44. The summed E-state index contributed by atoms with van der Waals surface area (Å²) in [5.74, 6) is 3.03. The summed E-state index contributed by atoms with van der Waals surface area (Å²) in [4.78, 5) is 23.3. The number of methoxy groups -OCH3 is 2. The summed E-state index contributed by atoms with van der Waals surface area (Å²) in [6, 6.07) is 0. The van der Waals surface area contributed by atoms with Crippen LogP contribution in [0.25, 0.3) is 0 Å². The molecule has 4 fully saturated rings. The summed E-state index contributed by atoms with van der Waals surface area (Å²) in [7, 11) is 2.91. The first-order valence-corrected chi connectivity index (χ1v) is 5.88. The van der Waals surface area contributed by atoms with Crippen molar-refractivity contribution in [2.24, 2.45) is 47.3 Å². The van der Waals surface area contributed by atoms with Gasteiger partial charge in [0, 0.05) is 0 Å². The number of hydrogen-bond donors (Lipinski definition) is 0. The second-order valence-electron chi connectivity index (χ2n) is 5.56. The average Bonchev–Trinajstić information content (AvgIpc) is 3.15. The number of hydrogen-bond acceptors (Lipinski definition) is 4. The van der Waals surface area contributed by atoms with Crippen LogP contribution in [0.1, 0.15) is 0 Å². The number of carbonyl (C=O) groups excluding carboxylic acids is 2. The van der Waals surface area contributed by atoms with E-state index in [4.69, 9.17) is 9.47 Å². The lowest BCUT2D eigenvalue weighted by atomic mass is 9.82. The van der Waals surface area contributed by atoms with Crippen LogP contribution in [-0.2, 0) is 19.1 Å². The highest BCUT2D eigenvalue weighted by Gasteiger charge is 2.89. The van der Waals surface area contributed by atoms with Gasteiger partial charge in [0.1, 0.15) is 0 Å². The van der Waals surface area contributed by atoms with Crippen LogP contribution in [0.2, 0.25) is 0 Å². The van der Waals surface area contributed by atoms with Crippen LogP contribution in [-0.4, -0.2) is 26.2 Å². The Balaban J connectivity index is 1.62. The number of carbonyl (C=O) groups is 2. The predicted octanol–water partition coefficient (Wildman–Crippen LogP) is 0.316. The molecule has 4 unspecified atom stereocenters. The van der Waals surface area contributed by atoms with Gasteiger partial charge in [-0.25, -0.2) is 0 Å².